The van der Waals surface area contributed by atoms with Crippen molar-refractivity contribution in [2.45, 2.75) is 90.9 Å². The summed E-state index contributed by atoms with van der Waals surface area (Å²) in [7, 11) is 0. The van der Waals surface area contributed by atoms with Gasteiger partial charge < -0.3 is 9.62 Å². The van der Waals surface area contributed by atoms with Gasteiger partial charge in [-0.05, 0) is 55.5 Å². The molecule has 0 spiro atoms. The number of hydrogen-bond donors (Lipinski definition) is 1. The summed E-state index contributed by atoms with van der Waals surface area (Å²) in [4.78, 5) is 4.55. The molecule has 0 bridgehead atoms. The Morgan fingerprint density at radius 1 is 0.919 bits per heavy atom. The monoisotopic (exact) mass is 510 g/mol. The topological polar surface area (TPSA) is 58.6 Å². The summed E-state index contributed by atoms with van der Waals surface area (Å²) in [6.07, 6.45) is 12.5. The molecular formula is C31H40F2N2O2. The molecule has 6 heteroatoms. The fourth-order valence-corrected chi connectivity index (χ4v) is 5.49. The van der Waals surface area contributed by atoms with Crippen molar-refractivity contribution in [3.05, 3.63) is 77.3 Å². The number of nitrogens with zero attached hydrogens (tertiary/aromatic N) is 2. The maximum Gasteiger partial charge on any atom is 0.192 e. The van der Waals surface area contributed by atoms with E-state index in [1.165, 1.54) is 62.8 Å². The SMILES string of the molecule is C.Cc1nc(C2CCCCC2)c(-c2cccc(F)c2)o1.O/N=C(\Cc1cccc(F)c1)C1CCCCC1. The van der Waals surface area contributed by atoms with E-state index in [9.17, 15) is 8.78 Å². The number of hydrogen-bond acceptors (Lipinski definition) is 4. The molecule has 0 aliphatic heterocycles. The van der Waals surface area contributed by atoms with Gasteiger partial charge in [0.1, 0.15) is 11.6 Å². The molecule has 0 amide bonds. The first-order valence-electron chi connectivity index (χ1n) is 13.2. The maximum atomic E-state index is 13.4. The van der Waals surface area contributed by atoms with E-state index in [2.05, 4.69) is 10.1 Å². The first kappa shape index (κ1) is 28.5. The van der Waals surface area contributed by atoms with Crippen LogP contribution < -0.4 is 0 Å². The zero-order valence-electron chi connectivity index (χ0n) is 21.1. The van der Waals surface area contributed by atoms with E-state index in [0.29, 0.717) is 24.1 Å². The first-order valence-corrected chi connectivity index (χ1v) is 13.2. The van der Waals surface area contributed by atoms with Gasteiger partial charge in [-0.3, -0.25) is 0 Å². The third-order valence-electron chi connectivity index (χ3n) is 7.32. The van der Waals surface area contributed by atoms with Gasteiger partial charge >= 0.3 is 0 Å². The van der Waals surface area contributed by atoms with Crippen LogP contribution in [-0.2, 0) is 6.42 Å². The summed E-state index contributed by atoms with van der Waals surface area (Å²) >= 11 is 0. The van der Waals surface area contributed by atoms with Gasteiger partial charge in [0.05, 0.1) is 11.4 Å². The van der Waals surface area contributed by atoms with Crippen LogP contribution in [-0.4, -0.2) is 15.9 Å². The van der Waals surface area contributed by atoms with E-state index >= 15 is 0 Å². The molecule has 1 aromatic heterocycles. The molecule has 3 aromatic rings. The van der Waals surface area contributed by atoms with Crippen LogP contribution in [0, 0.1) is 24.5 Å². The number of oxazole rings is 1. The second kappa shape index (κ2) is 14.1. The Kier molecular flexibility index (Phi) is 10.8. The highest BCUT2D eigenvalue weighted by molar-refractivity contribution is 5.88. The third-order valence-corrected chi connectivity index (χ3v) is 7.32. The lowest BCUT2D eigenvalue weighted by molar-refractivity contribution is 0.308. The molecule has 4 nitrogen and oxygen atoms in total. The summed E-state index contributed by atoms with van der Waals surface area (Å²) < 4.78 is 32.2. The highest BCUT2D eigenvalue weighted by Crippen LogP contribution is 2.38. The molecule has 0 radical (unpaired) electrons. The minimum atomic E-state index is -0.235. The lowest BCUT2D eigenvalue weighted by atomic mass is 9.84. The van der Waals surface area contributed by atoms with Gasteiger partial charge in [-0.1, -0.05) is 75.4 Å². The Hall–Kier alpha value is -3.02. The van der Waals surface area contributed by atoms with Crippen LogP contribution in [0.1, 0.15) is 94.7 Å². The zero-order chi connectivity index (χ0) is 25.3. The van der Waals surface area contributed by atoms with Crippen LogP contribution in [0.25, 0.3) is 11.3 Å². The molecule has 2 aromatic carbocycles. The predicted octanol–water partition coefficient (Wildman–Crippen LogP) is 9.25. The van der Waals surface area contributed by atoms with Crippen molar-refractivity contribution in [1.29, 1.82) is 0 Å². The van der Waals surface area contributed by atoms with Gasteiger partial charge in [-0.15, -0.1) is 0 Å². The summed E-state index contributed by atoms with van der Waals surface area (Å²) in [5.74, 6) is 1.79. The molecule has 2 aliphatic carbocycles. The van der Waals surface area contributed by atoms with Gasteiger partial charge in [-0.2, -0.15) is 0 Å². The second-order valence-corrected chi connectivity index (χ2v) is 10.0. The number of halogens is 2. The maximum absolute atomic E-state index is 13.4. The lowest BCUT2D eigenvalue weighted by Gasteiger charge is -2.22. The normalized spacial score (nSPS) is 17.0. The molecule has 1 heterocycles. The van der Waals surface area contributed by atoms with Crippen LogP contribution in [0.15, 0.2) is 58.1 Å². The molecule has 2 fully saturated rings. The Morgan fingerprint density at radius 2 is 1.54 bits per heavy atom. The Balaban J connectivity index is 0.000000201. The largest absolute Gasteiger partial charge is 0.441 e. The number of oxime groups is 1. The Labute approximate surface area is 219 Å². The molecule has 0 saturated heterocycles. The van der Waals surface area contributed by atoms with E-state index in [4.69, 9.17) is 9.62 Å². The fraction of sp³-hybridized carbons (Fsp3) is 0.484. The third kappa shape index (κ3) is 7.98. The average Bonchev–Trinajstić information content (AvgIpc) is 3.30. The van der Waals surface area contributed by atoms with E-state index in [1.54, 1.807) is 12.1 Å². The van der Waals surface area contributed by atoms with Crippen LogP contribution in [0.4, 0.5) is 8.78 Å². The minimum Gasteiger partial charge on any atom is -0.441 e. The Morgan fingerprint density at radius 3 is 2.16 bits per heavy atom. The van der Waals surface area contributed by atoms with Crippen molar-refractivity contribution in [3.8, 4) is 11.3 Å². The predicted molar refractivity (Wildman–Crippen MR) is 145 cm³/mol. The number of benzene rings is 2. The van der Waals surface area contributed by atoms with Gasteiger partial charge in [0.2, 0.25) is 0 Å². The molecule has 37 heavy (non-hydrogen) atoms. The van der Waals surface area contributed by atoms with Gasteiger partial charge in [-0.25, -0.2) is 13.8 Å². The number of aromatic nitrogens is 1. The molecule has 0 unspecified atom stereocenters. The fourth-order valence-electron chi connectivity index (χ4n) is 5.49. The van der Waals surface area contributed by atoms with Gasteiger partial charge in [0.15, 0.2) is 11.7 Å². The Bertz CT molecular complexity index is 1150. The van der Waals surface area contributed by atoms with Crippen LogP contribution in [0.5, 0.6) is 0 Å². The molecule has 0 atom stereocenters. The van der Waals surface area contributed by atoms with Gasteiger partial charge in [0.25, 0.3) is 0 Å². The van der Waals surface area contributed by atoms with Crippen molar-refractivity contribution in [2.24, 2.45) is 11.1 Å². The van der Waals surface area contributed by atoms with Gasteiger partial charge in [0, 0.05) is 30.7 Å². The van der Waals surface area contributed by atoms with E-state index in [0.717, 1.165) is 54.0 Å². The molecular weight excluding hydrogens is 470 g/mol. The first-order chi connectivity index (χ1) is 17.5. The van der Waals surface area contributed by atoms with Crippen LogP contribution in [0.3, 0.4) is 0 Å². The molecule has 2 aliphatic rings. The van der Waals surface area contributed by atoms with Crippen molar-refractivity contribution in [1.82, 2.24) is 4.98 Å². The van der Waals surface area contributed by atoms with Crippen molar-refractivity contribution in [3.63, 3.8) is 0 Å². The average molecular weight is 511 g/mol. The van der Waals surface area contributed by atoms with Crippen molar-refractivity contribution in [2.75, 3.05) is 0 Å². The summed E-state index contributed by atoms with van der Waals surface area (Å²) in [6.45, 7) is 1.86. The molecule has 2 saturated carbocycles. The highest BCUT2D eigenvalue weighted by atomic mass is 19.1. The van der Waals surface area contributed by atoms with Crippen molar-refractivity contribution < 1.29 is 18.4 Å². The van der Waals surface area contributed by atoms with Crippen molar-refractivity contribution >= 4 is 5.71 Å². The molecule has 5 rings (SSSR count). The van der Waals surface area contributed by atoms with Crippen LogP contribution >= 0.6 is 0 Å². The van der Waals surface area contributed by atoms with E-state index < -0.39 is 0 Å². The number of rotatable bonds is 5. The quantitative estimate of drug-likeness (QED) is 0.211. The van der Waals surface area contributed by atoms with E-state index in [1.807, 2.05) is 19.1 Å². The zero-order valence-corrected chi connectivity index (χ0v) is 21.1. The van der Waals surface area contributed by atoms with Crippen LogP contribution in [0.2, 0.25) is 0 Å². The smallest absolute Gasteiger partial charge is 0.192 e. The summed E-state index contributed by atoms with van der Waals surface area (Å²) in [5.41, 5.74) is 3.49. The number of aryl methyl sites for hydroxylation is 1. The second-order valence-electron chi connectivity index (χ2n) is 10.0. The molecule has 1 N–H and O–H groups in total. The standard InChI is InChI=1S/C16H18FNO.C14H18FNO.CH4/c1-11-18-15(12-6-3-2-4-7-12)16(19-11)13-8-5-9-14(17)10-13;15-13-8-4-5-11(9-13)10-14(16-17)12-6-2-1-3-7-12;/h5,8-10,12H,2-4,6-7H2,1H3;4-5,8-9,12,17H,1-3,6-7,10H2;1H4/b;16-14+;. The summed E-state index contributed by atoms with van der Waals surface area (Å²) in [5, 5.41) is 12.5. The highest BCUT2D eigenvalue weighted by Gasteiger charge is 2.24. The lowest BCUT2D eigenvalue weighted by Crippen LogP contribution is -2.20. The van der Waals surface area contributed by atoms with E-state index in [-0.39, 0.29) is 19.1 Å². The summed E-state index contributed by atoms with van der Waals surface area (Å²) in [6, 6.07) is 13.1. The molecule has 200 valence electrons. The minimum absolute atomic E-state index is 0.